The molecule has 15 heavy (non-hydrogen) atoms. The van der Waals surface area contributed by atoms with Gasteiger partial charge in [0.25, 0.3) is 0 Å². The van der Waals surface area contributed by atoms with Crippen LogP contribution >= 0.6 is 0 Å². The second-order valence-corrected chi connectivity index (χ2v) is 4.40. The molecule has 0 heterocycles. The highest BCUT2D eigenvalue weighted by atomic mass is 16.5. The van der Waals surface area contributed by atoms with E-state index in [0.717, 1.165) is 45.1 Å². The predicted octanol–water partition coefficient (Wildman–Crippen LogP) is 2.36. The first-order chi connectivity index (χ1) is 7.26. The Kier molecular flexibility index (Phi) is 5.75. The molecule has 1 unspecified atom stereocenters. The molecule has 1 atom stereocenters. The Hall–Kier alpha value is -0.520. The van der Waals surface area contributed by atoms with Crippen molar-refractivity contribution in [3.8, 4) is 12.3 Å². The summed E-state index contributed by atoms with van der Waals surface area (Å²) in [5, 5.41) is 9.72. The summed E-state index contributed by atoms with van der Waals surface area (Å²) in [5.41, 5.74) is 0. The Bertz CT molecular complexity index is 201. The van der Waals surface area contributed by atoms with Crippen LogP contribution < -0.4 is 0 Å². The van der Waals surface area contributed by atoms with E-state index in [2.05, 4.69) is 5.92 Å². The lowest BCUT2D eigenvalue weighted by Gasteiger charge is -2.36. The van der Waals surface area contributed by atoms with E-state index in [1.165, 1.54) is 0 Å². The number of aliphatic hydroxyl groups excluding tert-OH is 1. The number of hydrogen-bond acceptors (Lipinski definition) is 2. The lowest BCUT2D eigenvalue weighted by molar-refractivity contribution is -0.0383. The largest absolute Gasteiger partial charge is 0.393 e. The Morgan fingerprint density at radius 2 is 2.27 bits per heavy atom. The van der Waals surface area contributed by atoms with Gasteiger partial charge >= 0.3 is 0 Å². The minimum Gasteiger partial charge on any atom is -0.393 e. The lowest BCUT2D eigenvalue weighted by atomic mass is 9.78. The molecule has 1 N–H and O–H groups in total. The van der Waals surface area contributed by atoms with Crippen molar-refractivity contribution in [3.05, 3.63) is 0 Å². The summed E-state index contributed by atoms with van der Waals surface area (Å²) in [6, 6.07) is 0. The van der Waals surface area contributed by atoms with Crippen molar-refractivity contribution in [2.24, 2.45) is 5.92 Å². The summed E-state index contributed by atoms with van der Waals surface area (Å²) in [6.07, 6.45) is 11.2. The highest BCUT2D eigenvalue weighted by Crippen LogP contribution is 2.34. The van der Waals surface area contributed by atoms with Gasteiger partial charge in [0.05, 0.1) is 12.2 Å². The van der Waals surface area contributed by atoms with Gasteiger partial charge < -0.3 is 9.84 Å². The second-order valence-electron chi connectivity index (χ2n) is 4.40. The molecule has 0 bridgehead atoms. The second kappa shape index (κ2) is 6.87. The van der Waals surface area contributed by atoms with E-state index in [1.807, 2.05) is 6.92 Å². The smallest absolute Gasteiger partial charge is 0.0580 e. The van der Waals surface area contributed by atoms with Crippen LogP contribution in [0.3, 0.4) is 0 Å². The van der Waals surface area contributed by atoms with Crippen LogP contribution in [0.4, 0.5) is 0 Å². The van der Waals surface area contributed by atoms with Crippen molar-refractivity contribution in [1.82, 2.24) is 0 Å². The molecule has 0 spiro atoms. The normalized spacial score (nSPS) is 26.7. The van der Waals surface area contributed by atoms with Gasteiger partial charge in [-0.25, -0.2) is 0 Å². The summed E-state index contributed by atoms with van der Waals surface area (Å²) in [6.45, 7) is 2.84. The zero-order valence-electron chi connectivity index (χ0n) is 9.61. The number of unbranched alkanes of at least 4 members (excludes halogenated alkanes) is 1. The Labute approximate surface area is 93.0 Å². The summed E-state index contributed by atoms with van der Waals surface area (Å²) >= 11 is 0. The quantitative estimate of drug-likeness (QED) is 0.516. The molecule has 1 saturated carbocycles. The van der Waals surface area contributed by atoms with Crippen molar-refractivity contribution >= 4 is 0 Å². The average molecular weight is 210 g/mol. The third-order valence-electron chi connectivity index (χ3n) is 3.06. The molecule has 0 aromatic heterocycles. The number of terminal acetylenes is 1. The third-order valence-corrected chi connectivity index (χ3v) is 3.06. The van der Waals surface area contributed by atoms with Gasteiger partial charge in [0.1, 0.15) is 0 Å². The van der Waals surface area contributed by atoms with Crippen molar-refractivity contribution in [2.75, 3.05) is 6.61 Å². The molecule has 0 amide bonds. The van der Waals surface area contributed by atoms with Gasteiger partial charge in [0, 0.05) is 13.0 Å². The molecule has 0 aromatic carbocycles. The van der Waals surface area contributed by atoms with Crippen LogP contribution in [0.2, 0.25) is 0 Å². The van der Waals surface area contributed by atoms with Crippen molar-refractivity contribution in [2.45, 2.75) is 57.7 Å². The summed E-state index contributed by atoms with van der Waals surface area (Å²) in [4.78, 5) is 0. The highest BCUT2D eigenvalue weighted by Gasteiger charge is 2.30. The van der Waals surface area contributed by atoms with Gasteiger partial charge in [-0.1, -0.05) is 0 Å². The van der Waals surface area contributed by atoms with Crippen LogP contribution in [0.5, 0.6) is 0 Å². The van der Waals surface area contributed by atoms with Crippen molar-refractivity contribution < 1.29 is 9.84 Å². The van der Waals surface area contributed by atoms with E-state index in [1.54, 1.807) is 0 Å². The zero-order chi connectivity index (χ0) is 11.1. The first-order valence-corrected chi connectivity index (χ1v) is 5.99. The minimum absolute atomic E-state index is 0.161. The average Bonchev–Trinajstić information content (AvgIpc) is 2.15. The van der Waals surface area contributed by atoms with Crippen LogP contribution in [0, 0.1) is 18.3 Å². The van der Waals surface area contributed by atoms with Gasteiger partial charge in [0.15, 0.2) is 0 Å². The van der Waals surface area contributed by atoms with E-state index >= 15 is 0 Å². The summed E-state index contributed by atoms with van der Waals surface area (Å²) < 4.78 is 5.48. The van der Waals surface area contributed by atoms with Crippen LogP contribution in [0.1, 0.15) is 45.4 Å². The number of hydrogen-bond donors (Lipinski definition) is 1. The fraction of sp³-hybridized carbons (Fsp3) is 0.846. The Morgan fingerprint density at radius 1 is 1.53 bits per heavy atom. The Morgan fingerprint density at radius 3 is 2.87 bits per heavy atom. The zero-order valence-corrected chi connectivity index (χ0v) is 9.61. The fourth-order valence-corrected chi connectivity index (χ4v) is 2.18. The maximum atomic E-state index is 9.72. The molecule has 2 heteroatoms. The molecule has 0 aromatic rings. The summed E-state index contributed by atoms with van der Waals surface area (Å²) in [7, 11) is 0. The number of rotatable bonds is 7. The van der Waals surface area contributed by atoms with Gasteiger partial charge in [-0.2, -0.15) is 0 Å². The molecule has 0 aliphatic heterocycles. The Balaban J connectivity index is 1.98. The third kappa shape index (κ3) is 4.68. The molecule has 1 rings (SSSR count). The van der Waals surface area contributed by atoms with E-state index in [4.69, 9.17) is 11.2 Å². The molecule has 0 saturated heterocycles. The van der Waals surface area contributed by atoms with Crippen LogP contribution in [0.15, 0.2) is 0 Å². The molecule has 1 fully saturated rings. The molecular weight excluding hydrogens is 188 g/mol. The number of ether oxygens (including phenoxy) is 1. The monoisotopic (exact) mass is 210 g/mol. The van der Waals surface area contributed by atoms with Gasteiger partial charge in [-0.15, -0.1) is 12.3 Å². The van der Waals surface area contributed by atoms with Crippen molar-refractivity contribution in [3.63, 3.8) is 0 Å². The van der Waals surface area contributed by atoms with Crippen LogP contribution in [0.25, 0.3) is 0 Å². The van der Waals surface area contributed by atoms with Gasteiger partial charge in [-0.3, -0.25) is 0 Å². The standard InChI is InChI=1S/C13H22O2/c1-3-5-6-7-12(14)8-11-9-13(10-11)15-4-2/h1,11-14H,4-10H2,2H3. The van der Waals surface area contributed by atoms with Crippen LogP contribution in [-0.4, -0.2) is 23.9 Å². The minimum atomic E-state index is -0.161. The molecule has 2 nitrogen and oxygen atoms in total. The molecule has 0 radical (unpaired) electrons. The molecule has 1 aliphatic carbocycles. The molecular formula is C13H22O2. The van der Waals surface area contributed by atoms with E-state index in [0.29, 0.717) is 12.0 Å². The summed E-state index contributed by atoms with van der Waals surface area (Å²) in [5.74, 6) is 3.27. The topological polar surface area (TPSA) is 29.5 Å². The first kappa shape index (κ1) is 12.5. The molecule has 1 aliphatic rings. The van der Waals surface area contributed by atoms with Gasteiger partial charge in [-0.05, 0) is 44.9 Å². The number of aliphatic hydroxyl groups is 1. The van der Waals surface area contributed by atoms with Gasteiger partial charge in [0.2, 0.25) is 0 Å². The van der Waals surface area contributed by atoms with Crippen LogP contribution in [-0.2, 0) is 4.74 Å². The maximum Gasteiger partial charge on any atom is 0.0580 e. The SMILES string of the molecule is C#CCCCC(O)CC1CC(OCC)C1. The van der Waals surface area contributed by atoms with Crippen molar-refractivity contribution in [1.29, 1.82) is 0 Å². The van der Waals surface area contributed by atoms with E-state index in [-0.39, 0.29) is 6.10 Å². The van der Waals surface area contributed by atoms with E-state index < -0.39 is 0 Å². The maximum absolute atomic E-state index is 9.72. The first-order valence-electron chi connectivity index (χ1n) is 5.99. The predicted molar refractivity (Wildman–Crippen MR) is 61.4 cm³/mol. The lowest BCUT2D eigenvalue weighted by Crippen LogP contribution is -2.33. The molecule has 86 valence electrons. The van der Waals surface area contributed by atoms with E-state index in [9.17, 15) is 5.11 Å². The fourth-order valence-electron chi connectivity index (χ4n) is 2.18. The highest BCUT2D eigenvalue weighted by molar-refractivity contribution is 4.85.